The summed E-state index contributed by atoms with van der Waals surface area (Å²) in [6.07, 6.45) is 3.43. The summed E-state index contributed by atoms with van der Waals surface area (Å²) < 4.78 is 11.3. The van der Waals surface area contributed by atoms with E-state index in [1.165, 1.54) is 11.8 Å². The molecular formula is C26H30N4O3S. The van der Waals surface area contributed by atoms with Gasteiger partial charge in [0.2, 0.25) is 0 Å². The summed E-state index contributed by atoms with van der Waals surface area (Å²) in [6, 6.07) is 13.6. The number of rotatable bonds is 10. The highest BCUT2D eigenvalue weighted by Gasteiger charge is 2.11. The quantitative estimate of drug-likeness (QED) is 0.188. The fraction of sp³-hybridized carbons (Fsp3) is 0.308. The number of nitrogens with one attached hydrogen (secondary N) is 1. The van der Waals surface area contributed by atoms with Gasteiger partial charge in [0.05, 0.1) is 12.8 Å². The van der Waals surface area contributed by atoms with Crippen molar-refractivity contribution in [1.29, 1.82) is 0 Å². The Morgan fingerprint density at radius 1 is 1.12 bits per heavy atom. The first kappa shape index (κ1) is 25.2. The molecule has 7 nitrogen and oxygen atoms in total. The van der Waals surface area contributed by atoms with Crippen LogP contribution in [-0.2, 0) is 10.5 Å². The lowest BCUT2D eigenvalue weighted by Crippen LogP contribution is -2.26. The molecule has 1 aromatic heterocycles. The van der Waals surface area contributed by atoms with E-state index in [1.807, 2.05) is 50.2 Å². The Morgan fingerprint density at radius 2 is 1.88 bits per heavy atom. The number of carbonyl (C=O) groups is 1. The van der Waals surface area contributed by atoms with Crippen molar-refractivity contribution in [3.05, 3.63) is 77.1 Å². The van der Waals surface area contributed by atoms with Gasteiger partial charge in [-0.05, 0) is 66.8 Å². The van der Waals surface area contributed by atoms with Crippen LogP contribution in [0.25, 0.3) is 0 Å². The van der Waals surface area contributed by atoms with Crippen LogP contribution in [0.2, 0.25) is 0 Å². The molecule has 0 radical (unpaired) electrons. The van der Waals surface area contributed by atoms with Crippen LogP contribution in [0.15, 0.2) is 65.1 Å². The zero-order valence-corrected chi connectivity index (χ0v) is 21.0. The number of aromatic nitrogens is 2. The topological polar surface area (TPSA) is 85.7 Å². The fourth-order valence-corrected chi connectivity index (χ4v) is 4.03. The fourth-order valence-electron chi connectivity index (χ4n) is 3.25. The van der Waals surface area contributed by atoms with Crippen molar-refractivity contribution in [2.24, 2.45) is 5.10 Å². The maximum atomic E-state index is 12.4. The number of ether oxygens (including phenoxy) is 2. The Labute approximate surface area is 205 Å². The summed E-state index contributed by atoms with van der Waals surface area (Å²) in [5, 5.41) is 4.96. The van der Waals surface area contributed by atoms with Crippen molar-refractivity contribution in [3.63, 3.8) is 0 Å². The molecule has 2 aromatic carbocycles. The van der Waals surface area contributed by atoms with E-state index < -0.39 is 0 Å². The molecule has 1 N–H and O–H groups in total. The molecule has 0 spiro atoms. The summed E-state index contributed by atoms with van der Waals surface area (Å²) in [5.41, 5.74) is 7.29. The average molecular weight is 479 g/mol. The molecule has 3 rings (SSSR count). The van der Waals surface area contributed by atoms with Crippen LogP contribution in [0.1, 0.15) is 48.9 Å². The summed E-state index contributed by atoms with van der Waals surface area (Å²) in [6.45, 7) is 7.93. The second kappa shape index (κ2) is 12.2. The minimum Gasteiger partial charge on any atom is -0.496 e. The molecule has 0 bridgehead atoms. The van der Waals surface area contributed by atoms with Gasteiger partial charge in [-0.25, -0.2) is 15.4 Å². The third-order valence-corrected chi connectivity index (χ3v) is 6.02. The Morgan fingerprint density at radius 3 is 2.59 bits per heavy atom. The molecule has 0 fully saturated rings. The van der Waals surface area contributed by atoms with Crippen LogP contribution < -0.4 is 14.9 Å². The smallest absolute Gasteiger partial charge is 0.277 e. The van der Waals surface area contributed by atoms with Crippen LogP contribution in [-0.4, -0.2) is 35.3 Å². The van der Waals surface area contributed by atoms with E-state index in [9.17, 15) is 4.79 Å². The van der Waals surface area contributed by atoms with E-state index in [0.717, 1.165) is 33.8 Å². The largest absolute Gasteiger partial charge is 0.496 e. The number of benzene rings is 2. The average Bonchev–Trinajstić information content (AvgIpc) is 2.85. The second-order valence-electron chi connectivity index (χ2n) is 8.06. The number of carbonyl (C=O) groups excluding carboxylic acids is 1. The van der Waals surface area contributed by atoms with Crippen LogP contribution in [0.4, 0.5) is 0 Å². The summed E-state index contributed by atoms with van der Waals surface area (Å²) in [7, 11) is 1.64. The van der Waals surface area contributed by atoms with E-state index in [0.29, 0.717) is 22.5 Å². The van der Waals surface area contributed by atoms with Gasteiger partial charge in [0, 0.05) is 23.7 Å². The maximum absolute atomic E-state index is 12.4. The maximum Gasteiger partial charge on any atom is 0.277 e. The Kier molecular flexibility index (Phi) is 9.04. The van der Waals surface area contributed by atoms with Crippen molar-refractivity contribution in [3.8, 4) is 11.5 Å². The number of hydrogen-bond donors (Lipinski definition) is 1. The molecule has 3 aromatic rings. The molecule has 0 aliphatic carbocycles. The van der Waals surface area contributed by atoms with Crippen molar-refractivity contribution >= 4 is 23.4 Å². The number of nitrogens with zero attached hydrogens (tertiary/aromatic N) is 3. The molecule has 34 heavy (non-hydrogen) atoms. The van der Waals surface area contributed by atoms with Gasteiger partial charge in [0.25, 0.3) is 5.91 Å². The van der Waals surface area contributed by atoms with Gasteiger partial charge in [-0.15, -0.1) is 0 Å². The summed E-state index contributed by atoms with van der Waals surface area (Å²) >= 11 is 1.52. The van der Waals surface area contributed by atoms with E-state index in [2.05, 4.69) is 34.3 Å². The highest BCUT2D eigenvalue weighted by molar-refractivity contribution is 7.98. The van der Waals surface area contributed by atoms with Gasteiger partial charge in [-0.1, -0.05) is 37.7 Å². The molecule has 0 saturated heterocycles. The predicted molar refractivity (Wildman–Crippen MR) is 136 cm³/mol. The van der Waals surface area contributed by atoms with Gasteiger partial charge in [-0.3, -0.25) is 4.79 Å². The van der Waals surface area contributed by atoms with Gasteiger partial charge >= 0.3 is 0 Å². The van der Waals surface area contributed by atoms with E-state index in [1.54, 1.807) is 25.6 Å². The van der Waals surface area contributed by atoms with E-state index in [-0.39, 0.29) is 12.5 Å². The van der Waals surface area contributed by atoms with Crippen molar-refractivity contribution < 1.29 is 14.3 Å². The molecular weight excluding hydrogens is 448 g/mol. The third-order valence-electron chi connectivity index (χ3n) is 5.10. The minimum atomic E-state index is -0.318. The Bertz CT molecular complexity index is 1150. The number of thioether (sulfide) groups is 1. The summed E-state index contributed by atoms with van der Waals surface area (Å²) in [4.78, 5) is 20.8. The molecule has 0 saturated carbocycles. The lowest BCUT2D eigenvalue weighted by molar-refractivity contribution is -0.123. The van der Waals surface area contributed by atoms with Crippen molar-refractivity contribution in [1.82, 2.24) is 15.4 Å². The third kappa shape index (κ3) is 7.05. The first-order chi connectivity index (χ1) is 16.4. The zero-order valence-electron chi connectivity index (χ0n) is 20.2. The molecule has 0 unspecified atom stereocenters. The van der Waals surface area contributed by atoms with E-state index in [4.69, 9.17) is 9.47 Å². The monoisotopic (exact) mass is 478 g/mol. The molecule has 0 atom stereocenters. The van der Waals surface area contributed by atoms with Crippen LogP contribution in [0, 0.1) is 6.92 Å². The van der Waals surface area contributed by atoms with E-state index >= 15 is 0 Å². The Hall–Kier alpha value is -3.39. The Balaban J connectivity index is 1.63. The van der Waals surface area contributed by atoms with Crippen molar-refractivity contribution in [2.75, 3.05) is 13.7 Å². The van der Waals surface area contributed by atoms with Gasteiger partial charge in [0.15, 0.2) is 11.8 Å². The molecule has 8 heteroatoms. The van der Waals surface area contributed by atoms with Gasteiger partial charge < -0.3 is 9.47 Å². The van der Waals surface area contributed by atoms with Crippen LogP contribution in [0.3, 0.4) is 0 Å². The normalized spacial score (nSPS) is 11.4. The second-order valence-corrected chi connectivity index (χ2v) is 9.01. The minimum absolute atomic E-state index is 0.110. The number of amides is 1. The first-order valence-corrected chi connectivity index (χ1v) is 12.0. The lowest BCUT2D eigenvalue weighted by atomic mass is 10.0. The number of hydrazone groups is 1. The number of hydrogen-bond acceptors (Lipinski definition) is 7. The van der Waals surface area contributed by atoms with Gasteiger partial charge in [-0.2, -0.15) is 5.10 Å². The zero-order chi connectivity index (χ0) is 24.5. The summed E-state index contributed by atoms with van der Waals surface area (Å²) in [5.74, 6) is 2.13. The molecule has 1 amide bonds. The number of aryl methyl sites for hydroxylation is 1. The first-order valence-electron chi connectivity index (χ1n) is 11.0. The predicted octanol–water partition coefficient (Wildman–Crippen LogP) is 5.13. The molecule has 178 valence electrons. The van der Waals surface area contributed by atoms with Crippen LogP contribution >= 0.6 is 11.8 Å². The molecule has 0 aliphatic heterocycles. The molecule has 0 aliphatic rings. The van der Waals surface area contributed by atoms with Crippen molar-refractivity contribution in [2.45, 2.75) is 44.5 Å². The standard InChI is InChI=1S/C26H30N4O3S/c1-17(2)22-9-7-18(3)13-24(22)33-15-25(31)30-29-19(4)20-8-10-23(32-5)21(14-20)16-34-26-27-11-6-12-28-26/h6-14,17H,15-16H2,1-5H3,(H,30,31). The highest BCUT2D eigenvalue weighted by Crippen LogP contribution is 2.28. The number of methoxy groups -OCH3 is 1. The SMILES string of the molecule is COc1ccc(C(C)=NNC(=O)COc2cc(C)ccc2C(C)C)cc1CSc1ncccn1. The highest BCUT2D eigenvalue weighted by atomic mass is 32.2. The lowest BCUT2D eigenvalue weighted by Gasteiger charge is -2.14. The van der Waals surface area contributed by atoms with Gasteiger partial charge in [0.1, 0.15) is 11.5 Å². The van der Waals surface area contributed by atoms with Crippen LogP contribution in [0.5, 0.6) is 11.5 Å². The molecule has 1 heterocycles.